The Hall–Kier alpha value is -1.75. The van der Waals surface area contributed by atoms with Crippen LogP contribution < -0.4 is 5.32 Å². The molecular weight excluding hydrogens is 210 g/mol. The largest absolute Gasteiger partial charge is 0.355 e. The lowest BCUT2D eigenvalue weighted by Crippen LogP contribution is -2.25. The predicted molar refractivity (Wildman–Crippen MR) is 70.7 cm³/mol. The van der Waals surface area contributed by atoms with E-state index in [1.54, 1.807) is 6.92 Å². The maximum atomic E-state index is 11.6. The van der Waals surface area contributed by atoms with Gasteiger partial charge in [-0.05, 0) is 37.5 Å². The van der Waals surface area contributed by atoms with E-state index in [4.69, 9.17) is 0 Å². The van der Waals surface area contributed by atoms with E-state index in [0.29, 0.717) is 13.0 Å². The first-order valence-electron chi connectivity index (χ1n) is 5.86. The molecule has 0 spiro atoms. The van der Waals surface area contributed by atoms with E-state index in [1.807, 2.05) is 6.07 Å². The van der Waals surface area contributed by atoms with Gasteiger partial charge in [-0.1, -0.05) is 18.2 Å². The minimum atomic E-state index is 0.0613. The quantitative estimate of drug-likeness (QED) is 0.623. The molecule has 17 heavy (non-hydrogen) atoms. The van der Waals surface area contributed by atoms with E-state index >= 15 is 0 Å². The minimum Gasteiger partial charge on any atom is -0.355 e. The Kier molecular flexibility index (Phi) is 5.29. The van der Waals surface area contributed by atoms with Crippen LogP contribution in [0.5, 0.6) is 0 Å². The molecule has 0 aliphatic carbocycles. The number of amides is 1. The fourth-order valence-electron chi connectivity index (χ4n) is 1.55. The highest BCUT2D eigenvalue weighted by atomic mass is 16.1. The van der Waals surface area contributed by atoms with Crippen LogP contribution in [0.3, 0.4) is 0 Å². The molecule has 0 aliphatic rings. The van der Waals surface area contributed by atoms with Gasteiger partial charge in [0.2, 0.25) is 5.91 Å². The molecule has 1 rings (SSSR count). The topological polar surface area (TPSA) is 29.1 Å². The van der Waals surface area contributed by atoms with Crippen molar-refractivity contribution in [3.63, 3.8) is 0 Å². The Balaban J connectivity index is 2.44. The maximum absolute atomic E-state index is 11.6. The number of nitrogens with one attached hydrogen (secondary N) is 1. The zero-order valence-corrected chi connectivity index (χ0v) is 10.8. The van der Waals surface area contributed by atoms with Crippen molar-refractivity contribution >= 4 is 5.91 Å². The lowest BCUT2D eigenvalue weighted by Gasteiger charge is -2.06. The van der Waals surface area contributed by atoms with Gasteiger partial charge in [0.05, 0.1) is 6.42 Å². The van der Waals surface area contributed by atoms with Crippen LogP contribution in [-0.2, 0) is 11.2 Å². The third-order valence-corrected chi connectivity index (χ3v) is 2.68. The molecule has 0 saturated carbocycles. The van der Waals surface area contributed by atoms with Crippen LogP contribution in [0.25, 0.3) is 0 Å². The van der Waals surface area contributed by atoms with Gasteiger partial charge in [0.15, 0.2) is 0 Å². The first kappa shape index (κ1) is 13.3. The fraction of sp³-hybridized carbons (Fsp3) is 0.400. The van der Waals surface area contributed by atoms with Crippen LogP contribution in [-0.4, -0.2) is 12.5 Å². The Morgan fingerprint density at radius 1 is 1.29 bits per heavy atom. The number of carbonyl (C=O) groups excluding carboxylic acids is 1. The van der Waals surface area contributed by atoms with Crippen molar-refractivity contribution in [1.29, 1.82) is 0 Å². The minimum absolute atomic E-state index is 0.0613. The van der Waals surface area contributed by atoms with Gasteiger partial charge in [-0.15, -0.1) is 11.8 Å². The summed E-state index contributed by atoms with van der Waals surface area (Å²) in [6.45, 7) is 6.57. The second-order valence-corrected chi connectivity index (χ2v) is 4.12. The number of aryl methyl sites for hydroxylation is 2. The lowest BCUT2D eigenvalue weighted by molar-refractivity contribution is -0.120. The highest BCUT2D eigenvalue weighted by Gasteiger charge is 2.03. The Labute approximate surface area is 103 Å². The SMILES string of the molecule is CC#CCCNC(=O)Cc1ccc(C)c(C)c1. The normalized spacial score (nSPS) is 9.35. The zero-order chi connectivity index (χ0) is 12.7. The monoisotopic (exact) mass is 229 g/mol. The molecule has 0 aromatic heterocycles. The summed E-state index contributed by atoms with van der Waals surface area (Å²) in [6.07, 6.45) is 1.16. The molecule has 0 atom stereocenters. The highest BCUT2D eigenvalue weighted by molar-refractivity contribution is 5.78. The van der Waals surface area contributed by atoms with Crippen molar-refractivity contribution in [3.8, 4) is 11.8 Å². The molecule has 1 amide bonds. The van der Waals surface area contributed by atoms with Gasteiger partial charge in [-0.3, -0.25) is 4.79 Å². The van der Waals surface area contributed by atoms with E-state index in [-0.39, 0.29) is 5.91 Å². The molecule has 2 nitrogen and oxygen atoms in total. The summed E-state index contributed by atoms with van der Waals surface area (Å²) >= 11 is 0. The molecular formula is C15H19NO. The van der Waals surface area contributed by atoms with Gasteiger partial charge in [0.1, 0.15) is 0 Å². The summed E-state index contributed by atoms with van der Waals surface area (Å²) in [6, 6.07) is 6.13. The van der Waals surface area contributed by atoms with Crippen LogP contribution in [0.4, 0.5) is 0 Å². The van der Waals surface area contributed by atoms with Gasteiger partial charge in [-0.25, -0.2) is 0 Å². The second-order valence-electron chi connectivity index (χ2n) is 4.12. The van der Waals surface area contributed by atoms with Crippen molar-refractivity contribution < 1.29 is 4.79 Å². The Bertz CT molecular complexity index is 452. The molecule has 0 heterocycles. The van der Waals surface area contributed by atoms with Crippen molar-refractivity contribution in [2.24, 2.45) is 0 Å². The molecule has 0 unspecified atom stereocenters. The molecule has 0 bridgehead atoms. The van der Waals surface area contributed by atoms with Gasteiger partial charge >= 0.3 is 0 Å². The second kappa shape index (κ2) is 6.75. The molecule has 0 saturated heterocycles. The fourth-order valence-corrected chi connectivity index (χ4v) is 1.55. The standard InChI is InChI=1S/C15H19NO/c1-4-5-6-9-16-15(17)11-14-8-7-12(2)13(3)10-14/h7-8,10H,6,9,11H2,1-3H3,(H,16,17). The van der Waals surface area contributed by atoms with Gasteiger partial charge < -0.3 is 5.32 Å². The zero-order valence-electron chi connectivity index (χ0n) is 10.8. The smallest absolute Gasteiger partial charge is 0.224 e. The van der Waals surface area contributed by atoms with Crippen LogP contribution in [0.15, 0.2) is 18.2 Å². The summed E-state index contributed by atoms with van der Waals surface area (Å²) in [7, 11) is 0. The molecule has 0 aliphatic heterocycles. The van der Waals surface area contributed by atoms with E-state index in [0.717, 1.165) is 12.0 Å². The van der Waals surface area contributed by atoms with Crippen LogP contribution in [0, 0.1) is 25.7 Å². The van der Waals surface area contributed by atoms with Crippen molar-refractivity contribution in [2.45, 2.75) is 33.6 Å². The van der Waals surface area contributed by atoms with E-state index in [1.165, 1.54) is 11.1 Å². The van der Waals surface area contributed by atoms with E-state index in [2.05, 4.69) is 43.1 Å². The molecule has 1 N–H and O–H groups in total. The van der Waals surface area contributed by atoms with Gasteiger partial charge in [-0.2, -0.15) is 0 Å². The lowest BCUT2D eigenvalue weighted by atomic mass is 10.0. The van der Waals surface area contributed by atoms with Gasteiger partial charge in [0, 0.05) is 13.0 Å². The van der Waals surface area contributed by atoms with E-state index in [9.17, 15) is 4.79 Å². The summed E-state index contributed by atoms with van der Waals surface area (Å²) in [5, 5.41) is 2.86. The predicted octanol–water partition coefficient (Wildman–Crippen LogP) is 2.38. The van der Waals surface area contributed by atoms with Crippen LogP contribution >= 0.6 is 0 Å². The molecule has 0 fully saturated rings. The number of rotatable bonds is 4. The highest BCUT2D eigenvalue weighted by Crippen LogP contribution is 2.10. The summed E-state index contributed by atoms with van der Waals surface area (Å²) < 4.78 is 0. The average Bonchev–Trinajstić information content (AvgIpc) is 2.30. The number of hydrogen-bond acceptors (Lipinski definition) is 1. The maximum Gasteiger partial charge on any atom is 0.224 e. The third kappa shape index (κ3) is 4.74. The van der Waals surface area contributed by atoms with Gasteiger partial charge in [0.25, 0.3) is 0 Å². The van der Waals surface area contributed by atoms with Crippen molar-refractivity contribution in [1.82, 2.24) is 5.32 Å². The van der Waals surface area contributed by atoms with Crippen molar-refractivity contribution in [2.75, 3.05) is 6.54 Å². The Morgan fingerprint density at radius 2 is 2.06 bits per heavy atom. The summed E-state index contributed by atoms with van der Waals surface area (Å²) in [5.41, 5.74) is 3.55. The first-order chi connectivity index (χ1) is 8.13. The number of carbonyl (C=O) groups is 1. The third-order valence-electron chi connectivity index (χ3n) is 2.68. The average molecular weight is 229 g/mol. The molecule has 1 aromatic rings. The number of hydrogen-bond donors (Lipinski definition) is 1. The van der Waals surface area contributed by atoms with Crippen LogP contribution in [0.1, 0.15) is 30.0 Å². The number of benzene rings is 1. The van der Waals surface area contributed by atoms with Crippen LogP contribution in [0.2, 0.25) is 0 Å². The molecule has 0 radical (unpaired) electrons. The molecule has 1 aromatic carbocycles. The van der Waals surface area contributed by atoms with Crippen molar-refractivity contribution in [3.05, 3.63) is 34.9 Å². The summed E-state index contributed by atoms with van der Waals surface area (Å²) in [5.74, 6) is 5.78. The van der Waals surface area contributed by atoms with E-state index < -0.39 is 0 Å². The summed E-state index contributed by atoms with van der Waals surface area (Å²) in [4.78, 5) is 11.6. The Morgan fingerprint density at radius 3 is 2.71 bits per heavy atom. The first-order valence-corrected chi connectivity index (χ1v) is 5.86. The molecule has 90 valence electrons. The molecule has 2 heteroatoms.